The minimum atomic E-state index is 0. The van der Waals surface area contributed by atoms with Gasteiger partial charge in [-0.05, 0) is 47.8 Å². The molecule has 8 heterocycles. The predicted octanol–water partition coefficient (Wildman–Crippen LogP) is 10.8. The zero-order valence-corrected chi connectivity index (χ0v) is 38.8. The zero-order chi connectivity index (χ0) is 42.4. The molecule has 0 aliphatic rings. The Morgan fingerprint density at radius 3 is 1.29 bits per heavy atom. The number of benzene rings is 4. The van der Waals surface area contributed by atoms with Gasteiger partial charge in [0.15, 0.2) is 0 Å². The van der Waals surface area contributed by atoms with E-state index in [0.717, 1.165) is 66.5 Å². The van der Waals surface area contributed by atoms with Crippen LogP contribution in [0.3, 0.4) is 0 Å². The fourth-order valence-electron chi connectivity index (χ4n) is 7.91. The molecule has 0 aliphatic carbocycles. The van der Waals surface area contributed by atoms with Gasteiger partial charge in [-0.3, -0.25) is 19.3 Å². The van der Waals surface area contributed by atoms with Crippen LogP contribution in [-0.4, -0.2) is 48.6 Å². The van der Waals surface area contributed by atoms with Crippen molar-refractivity contribution in [2.75, 3.05) is 0 Å². The van der Waals surface area contributed by atoms with Gasteiger partial charge in [0, 0.05) is 106 Å². The Bertz CT molecular complexity index is 3390. The second kappa shape index (κ2) is 18.0. The third-order valence-corrected chi connectivity index (χ3v) is 10.8. The first kappa shape index (κ1) is 42.2. The average Bonchev–Trinajstić information content (AvgIpc) is 4.17. The molecule has 0 aliphatic heterocycles. The van der Waals surface area contributed by atoms with Crippen molar-refractivity contribution in [3.63, 3.8) is 0 Å². The van der Waals surface area contributed by atoms with E-state index in [1.165, 1.54) is 0 Å². The SMILES string of the molecule is [Pt+2].[Pt+2].[c-]1c(Oc2[c-]c3c(cc2)c2c(c4ccc(Oc5[c-]c(-n6cc(-c7cccnc7)cn6)ccc5)[c-]c4n2-c2ccccn2)n3-c2ccccn2)cccc1-n1cc(-c2cccnc2)cn1. The number of pyridine rings is 4. The Balaban J connectivity index is 0.00000256. The first-order valence-electron chi connectivity index (χ1n) is 20.3. The van der Waals surface area contributed by atoms with Crippen LogP contribution in [0.15, 0.2) is 183 Å². The van der Waals surface area contributed by atoms with Gasteiger partial charge in [-0.1, -0.05) is 46.1 Å². The van der Waals surface area contributed by atoms with Crippen LogP contribution < -0.4 is 9.47 Å². The van der Waals surface area contributed by atoms with Gasteiger partial charge in [0.05, 0.1) is 12.4 Å². The summed E-state index contributed by atoms with van der Waals surface area (Å²) in [6, 6.07) is 52.8. The van der Waals surface area contributed by atoms with Gasteiger partial charge in [-0.2, -0.15) is 34.5 Å². The molecule has 12 rings (SSSR count). The summed E-state index contributed by atoms with van der Waals surface area (Å²) in [5.74, 6) is 3.47. The van der Waals surface area contributed by atoms with Crippen molar-refractivity contribution in [3.8, 4) is 68.3 Å². The molecule has 0 bridgehead atoms. The maximum Gasteiger partial charge on any atom is 2.00 e. The summed E-state index contributed by atoms with van der Waals surface area (Å²) in [5, 5.41) is 11.0. The number of aromatic nitrogens is 10. The van der Waals surface area contributed by atoms with E-state index in [-0.39, 0.29) is 42.1 Å². The number of nitrogens with zero attached hydrogens (tertiary/aromatic N) is 10. The molecule has 0 saturated carbocycles. The van der Waals surface area contributed by atoms with Crippen LogP contribution in [0.5, 0.6) is 23.0 Å². The van der Waals surface area contributed by atoms with Crippen molar-refractivity contribution in [2.24, 2.45) is 0 Å². The fourth-order valence-corrected chi connectivity index (χ4v) is 7.91. The van der Waals surface area contributed by atoms with E-state index in [2.05, 4.69) is 53.6 Å². The maximum absolute atomic E-state index is 6.49. The summed E-state index contributed by atoms with van der Waals surface area (Å²) < 4.78 is 20.7. The van der Waals surface area contributed by atoms with E-state index < -0.39 is 0 Å². The van der Waals surface area contributed by atoms with Crippen molar-refractivity contribution in [1.82, 2.24) is 48.6 Å². The first-order valence-corrected chi connectivity index (χ1v) is 20.3. The molecule has 12 nitrogen and oxygen atoms in total. The standard InChI is InChI=1S/C52H30N10O2.2Pt/c1-3-23-55-49(15-1)61-47-27-43(63-41-13-5-11-39(25-41)59-33-37(31-57-59)35-9-7-21-53-29-35)17-19-45(47)52-51(61)46-20-18-44(28-48(46)62(52)50-16-2-4-24-56-50)64-42-14-6-12-40(26-42)60-34-38(32-58-60)36-10-8-22-54-30-36;;/h1-24,29-34H;;/q-4;2*+2. The minimum Gasteiger partial charge on any atom is -0.509 e. The van der Waals surface area contributed by atoms with Crippen molar-refractivity contribution in [2.45, 2.75) is 0 Å². The first-order chi connectivity index (χ1) is 31.7. The Morgan fingerprint density at radius 2 is 0.864 bits per heavy atom. The van der Waals surface area contributed by atoms with Gasteiger partial charge in [0.25, 0.3) is 0 Å². The van der Waals surface area contributed by atoms with Crippen LogP contribution in [-0.2, 0) is 42.1 Å². The zero-order valence-electron chi connectivity index (χ0n) is 34.2. The van der Waals surface area contributed by atoms with Crippen molar-refractivity contribution in [3.05, 3.63) is 208 Å². The summed E-state index contributed by atoms with van der Waals surface area (Å²) in [6.45, 7) is 0. The van der Waals surface area contributed by atoms with Crippen molar-refractivity contribution >= 4 is 32.8 Å². The molecule has 0 radical (unpaired) electrons. The van der Waals surface area contributed by atoms with E-state index in [1.54, 1.807) is 34.2 Å². The van der Waals surface area contributed by atoms with E-state index in [1.807, 2.05) is 159 Å². The van der Waals surface area contributed by atoms with Gasteiger partial charge in [-0.15, -0.1) is 60.7 Å². The molecule has 8 aromatic heterocycles. The van der Waals surface area contributed by atoms with Gasteiger partial charge in [0.2, 0.25) is 0 Å². The molecule has 0 amide bonds. The quantitative estimate of drug-likeness (QED) is 0.124. The second-order valence-electron chi connectivity index (χ2n) is 14.7. The topological polar surface area (TPSA) is 116 Å². The number of hydrogen-bond donors (Lipinski definition) is 0. The molecule has 320 valence electrons. The average molecular weight is 1220 g/mol. The van der Waals surface area contributed by atoms with Crippen molar-refractivity contribution in [1.29, 1.82) is 0 Å². The Labute approximate surface area is 406 Å². The normalized spacial score (nSPS) is 11.1. The molecule has 12 aromatic rings. The van der Waals surface area contributed by atoms with Gasteiger partial charge in [0.1, 0.15) is 11.6 Å². The van der Waals surface area contributed by atoms with E-state index in [4.69, 9.17) is 19.4 Å². The number of rotatable bonds is 10. The largest absolute Gasteiger partial charge is 2.00 e. The maximum atomic E-state index is 6.49. The molecule has 0 unspecified atom stereocenters. The van der Waals surface area contributed by atoms with E-state index >= 15 is 0 Å². The summed E-state index contributed by atoms with van der Waals surface area (Å²) in [5.41, 5.74) is 8.65. The summed E-state index contributed by atoms with van der Waals surface area (Å²) >= 11 is 0. The van der Waals surface area contributed by atoms with Crippen LogP contribution in [0.4, 0.5) is 0 Å². The molecule has 4 aromatic carbocycles. The smallest absolute Gasteiger partial charge is 0.509 e. The Morgan fingerprint density at radius 1 is 0.394 bits per heavy atom. The molecule has 14 heteroatoms. The van der Waals surface area contributed by atoms with Crippen LogP contribution in [0.25, 0.3) is 78.1 Å². The minimum absolute atomic E-state index is 0. The van der Waals surface area contributed by atoms with Crippen LogP contribution in [0.2, 0.25) is 0 Å². The third kappa shape index (κ3) is 7.80. The molecule has 66 heavy (non-hydrogen) atoms. The summed E-state index contributed by atoms with van der Waals surface area (Å²) in [7, 11) is 0. The van der Waals surface area contributed by atoms with E-state index in [9.17, 15) is 0 Å². The molecule has 0 N–H and O–H groups in total. The molecule has 0 spiro atoms. The van der Waals surface area contributed by atoms with Crippen LogP contribution in [0, 0.1) is 24.3 Å². The number of hydrogen-bond acceptors (Lipinski definition) is 8. The van der Waals surface area contributed by atoms with Crippen LogP contribution >= 0.6 is 0 Å². The summed E-state index contributed by atoms with van der Waals surface area (Å²) in [4.78, 5) is 18.1. The van der Waals surface area contributed by atoms with Gasteiger partial charge < -0.3 is 18.6 Å². The molecule has 0 saturated heterocycles. The molecular formula is C52H30N10O2Pt2. The Hall–Kier alpha value is -7.78. The number of ether oxygens (including phenoxy) is 2. The monoisotopic (exact) mass is 1220 g/mol. The predicted molar refractivity (Wildman–Crippen MR) is 242 cm³/mol. The van der Waals surface area contributed by atoms with Gasteiger partial charge >= 0.3 is 42.1 Å². The van der Waals surface area contributed by atoms with E-state index in [0.29, 0.717) is 34.6 Å². The molecular weight excluding hydrogens is 1190 g/mol. The molecule has 0 fully saturated rings. The fraction of sp³-hybridized carbons (Fsp3) is 0. The molecule has 0 atom stereocenters. The van der Waals surface area contributed by atoms with Crippen LogP contribution in [0.1, 0.15) is 0 Å². The third-order valence-electron chi connectivity index (χ3n) is 10.8. The van der Waals surface area contributed by atoms with Crippen molar-refractivity contribution < 1.29 is 51.6 Å². The summed E-state index contributed by atoms with van der Waals surface area (Å²) in [6.07, 6.45) is 18.2. The number of fused-ring (bicyclic) bond motifs is 5. The Kier molecular flexibility index (Phi) is 11.5. The second-order valence-corrected chi connectivity index (χ2v) is 14.7. The van der Waals surface area contributed by atoms with Gasteiger partial charge in [-0.25, -0.2) is 9.97 Å².